The van der Waals surface area contributed by atoms with Crippen molar-refractivity contribution in [2.45, 2.75) is 24.6 Å². The molecule has 0 aliphatic heterocycles. The van der Waals surface area contributed by atoms with E-state index in [1.54, 1.807) is 0 Å². The molecule has 3 rings (SSSR count). The molecule has 108 valence electrons. The number of rotatable bonds is 3. The number of halogens is 1. The van der Waals surface area contributed by atoms with Crippen molar-refractivity contribution in [3.63, 3.8) is 0 Å². The summed E-state index contributed by atoms with van der Waals surface area (Å²) in [4.78, 5) is 12.5. The second-order valence-corrected chi connectivity index (χ2v) is 6.05. The van der Waals surface area contributed by atoms with Crippen molar-refractivity contribution in [3.05, 3.63) is 65.2 Å². The molecule has 0 spiro atoms. The zero-order valence-electron chi connectivity index (χ0n) is 11.8. The van der Waals surface area contributed by atoms with Crippen LogP contribution in [0.25, 0.3) is 0 Å². The first-order valence-corrected chi connectivity index (χ1v) is 8.41. The molecule has 21 heavy (non-hydrogen) atoms. The van der Waals surface area contributed by atoms with Crippen LogP contribution < -0.4 is 5.32 Å². The Hall–Kier alpha value is -1.61. The van der Waals surface area contributed by atoms with Crippen LogP contribution in [0, 0.1) is 5.92 Å². The third-order valence-corrected chi connectivity index (χ3v) is 4.74. The second kappa shape index (κ2) is 6.44. The number of benzene rings is 2. The highest BCUT2D eigenvalue weighted by Crippen LogP contribution is 2.27. The summed E-state index contributed by atoms with van der Waals surface area (Å²) in [7, 11) is 0. The standard InChI is InChI=1S/C18H18BrNO/c19-12-16-7-3-4-8-17(16)20-18(21)15-10-9-13-5-1-2-6-14(13)11-15/h1-8,15H,9-12H2,(H,20,21). The molecule has 0 heterocycles. The quantitative estimate of drug-likeness (QED) is 0.826. The Morgan fingerprint density at radius 1 is 1.10 bits per heavy atom. The van der Waals surface area contributed by atoms with Gasteiger partial charge in [-0.25, -0.2) is 0 Å². The van der Waals surface area contributed by atoms with E-state index in [4.69, 9.17) is 0 Å². The van der Waals surface area contributed by atoms with Crippen LogP contribution in [0.5, 0.6) is 0 Å². The van der Waals surface area contributed by atoms with Crippen LogP contribution in [0.15, 0.2) is 48.5 Å². The van der Waals surface area contributed by atoms with Gasteiger partial charge < -0.3 is 5.32 Å². The van der Waals surface area contributed by atoms with Gasteiger partial charge in [-0.1, -0.05) is 58.4 Å². The third kappa shape index (κ3) is 3.18. The maximum Gasteiger partial charge on any atom is 0.227 e. The highest BCUT2D eigenvalue weighted by atomic mass is 79.9. The average molecular weight is 344 g/mol. The molecule has 0 aromatic heterocycles. The van der Waals surface area contributed by atoms with Gasteiger partial charge in [0.15, 0.2) is 0 Å². The van der Waals surface area contributed by atoms with Crippen LogP contribution in [-0.4, -0.2) is 5.91 Å². The molecule has 0 radical (unpaired) electrons. The Balaban J connectivity index is 1.72. The van der Waals surface area contributed by atoms with E-state index in [2.05, 4.69) is 45.5 Å². The van der Waals surface area contributed by atoms with Gasteiger partial charge >= 0.3 is 0 Å². The lowest BCUT2D eigenvalue weighted by Gasteiger charge is -2.24. The molecule has 1 atom stereocenters. The first kappa shape index (κ1) is 14.3. The van der Waals surface area contributed by atoms with Crippen LogP contribution >= 0.6 is 15.9 Å². The topological polar surface area (TPSA) is 29.1 Å². The Morgan fingerprint density at radius 2 is 1.81 bits per heavy atom. The number of nitrogens with one attached hydrogen (secondary N) is 1. The van der Waals surface area contributed by atoms with Crippen LogP contribution in [0.2, 0.25) is 0 Å². The summed E-state index contributed by atoms with van der Waals surface area (Å²) in [6.45, 7) is 0. The minimum Gasteiger partial charge on any atom is -0.326 e. The number of anilines is 1. The molecule has 2 nitrogen and oxygen atoms in total. The molecule has 1 aliphatic carbocycles. The monoisotopic (exact) mass is 343 g/mol. The Bertz CT molecular complexity index is 653. The van der Waals surface area contributed by atoms with Crippen LogP contribution in [0.3, 0.4) is 0 Å². The van der Waals surface area contributed by atoms with E-state index in [1.807, 2.05) is 24.3 Å². The average Bonchev–Trinajstić information content (AvgIpc) is 2.55. The molecule has 0 fully saturated rings. The summed E-state index contributed by atoms with van der Waals surface area (Å²) >= 11 is 3.46. The van der Waals surface area contributed by atoms with E-state index in [0.29, 0.717) is 0 Å². The predicted octanol–water partition coefficient (Wildman–Crippen LogP) is 4.33. The number of carbonyl (C=O) groups is 1. The number of carbonyl (C=O) groups excluding carboxylic acids is 1. The van der Waals surface area contributed by atoms with E-state index in [-0.39, 0.29) is 11.8 Å². The zero-order valence-corrected chi connectivity index (χ0v) is 13.4. The predicted molar refractivity (Wildman–Crippen MR) is 89.7 cm³/mol. The molecule has 3 heteroatoms. The van der Waals surface area contributed by atoms with E-state index in [0.717, 1.165) is 35.8 Å². The molecule has 1 N–H and O–H groups in total. The molecule has 2 aromatic rings. The number of hydrogen-bond acceptors (Lipinski definition) is 1. The van der Waals surface area contributed by atoms with Gasteiger partial charge in [-0.15, -0.1) is 0 Å². The minimum atomic E-state index is 0.0725. The fraction of sp³-hybridized carbons (Fsp3) is 0.278. The number of aryl methyl sites for hydroxylation is 1. The van der Waals surface area contributed by atoms with Crippen molar-refractivity contribution < 1.29 is 4.79 Å². The summed E-state index contributed by atoms with van der Waals surface area (Å²) in [5, 5.41) is 3.84. The maximum atomic E-state index is 12.5. The molecule has 2 aromatic carbocycles. The number of alkyl halides is 1. The van der Waals surface area contributed by atoms with Gasteiger partial charge in [0.05, 0.1) is 0 Å². The van der Waals surface area contributed by atoms with Crippen molar-refractivity contribution in [2.75, 3.05) is 5.32 Å². The highest BCUT2D eigenvalue weighted by molar-refractivity contribution is 9.08. The fourth-order valence-electron chi connectivity index (χ4n) is 2.92. The molecule has 1 amide bonds. The van der Waals surface area contributed by atoms with Gasteiger partial charge in [0.2, 0.25) is 5.91 Å². The van der Waals surface area contributed by atoms with Crippen LogP contribution in [-0.2, 0) is 23.0 Å². The van der Waals surface area contributed by atoms with Crippen molar-refractivity contribution >= 4 is 27.5 Å². The molecule has 1 aliphatic rings. The normalized spacial score (nSPS) is 17.1. The number of hydrogen-bond donors (Lipinski definition) is 1. The Kier molecular flexibility index (Phi) is 4.39. The van der Waals surface area contributed by atoms with Gasteiger partial charge in [0.1, 0.15) is 0 Å². The van der Waals surface area contributed by atoms with Gasteiger partial charge in [-0.3, -0.25) is 4.79 Å². The number of para-hydroxylation sites is 1. The maximum absolute atomic E-state index is 12.5. The van der Waals surface area contributed by atoms with E-state index in [9.17, 15) is 4.79 Å². The largest absolute Gasteiger partial charge is 0.326 e. The van der Waals surface area contributed by atoms with Crippen molar-refractivity contribution in [1.82, 2.24) is 0 Å². The van der Waals surface area contributed by atoms with Gasteiger partial charge in [0.25, 0.3) is 0 Å². The summed E-state index contributed by atoms with van der Waals surface area (Å²) in [6, 6.07) is 16.4. The molecule has 0 saturated heterocycles. The summed E-state index contributed by atoms with van der Waals surface area (Å²) < 4.78 is 0. The molecular formula is C18H18BrNO. The highest BCUT2D eigenvalue weighted by Gasteiger charge is 2.24. The van der Waals surface area contributed by atoms with Gasteiger partial charge in [0, 0.05) is 16.9 Å². The first-order chi connectivity index (χ1) is 10.3. The van der Waals surface area contributed by atoms with Crippen molar-refractivity contribution in [3.8, 4) is 0 Å². The lowest BCUT2D eigenvalue weighted by atomic mass is 9.83. The lowest BCUT2D eigenvalue weighted by Crippen LogP contribution is -2.28. The molecule has 0 saturated carbocycles. The van der Waals surface area contributed by atoms with Gasteiger partial charge in [-0.2, -0.15) is 0 Å². The van der Waals surface area contributed by atoms with E-state index < -0.39 is 0 Å². The summed E-state index contributed by atoms with van der Waals surface area (Å²) in [5.74, 6) is 0.209. The zero-order chi connectivity index (χ0) is 14.7. The first-order valence-electron chi connectivity index (χ1n) is 7.29. The minimum absolute atomic E-state index is 0.0725. The second-order valence-electron chi connectivity index (χ2n) is 5.49. The van der Waals surface area contributed by atoms with Gasteiger partial charge in [-0.05, 0) is 42.0 Å². The summed E-state index contributed by atoms with van der Waals surface area (Å²) in [6.07, 6.45) is 2.77. The van der Waals surface area contributed by atoms with Crippen molar-refractivity contribution in [1.29, 1.82) is 0 Å². The SMILES string of the molecule is O=C(Nc1ccccc1CBr)C1CCc2ccccc2C1. The third-order valence-electron chi connectivity index (χ3n) is 4.14. The van der Waals surface area contributed by atoms with Crippen LogP contribution in [0.1, 0.15) is 23.1 Å². The lowest BCUT2D eigenvalue weighted by molar-refractivity contribution is -0.120. The van der Waals surface area contributed by atoms with E-state index >= 15 is 0 Å². The van der Waals surface area contributed by atoms with Crippen LogP contribution in [0.4, 0.5) is 5.69 Å². The molecule has 0 bridgehead atoms. The fourth-order valence-corrected chi connectivity index (χ4v) is 3.40. The number of fused-ring (bicyclic) bond motifs is 1. The molecule has 1 unspecified atom stereocenters. The number of amides is 1. The summed E-state index contributed by atoms with van der Waals surface area (Å²) in [5.41, 5.74) is 4.74. The Morgan fingerprint density at radius 3 is 2.62 bits per heavy atom. The molecular weight excluding hydrogens is 326 g/mol. The Labute approximate surface area is 133 Å². The smallest absolute Gasteiger partial charge is 0.227 e. The van der Waals surface area contributed by atoms with E-state index in [1.165, 1.54) is 11.1 Å². The van der Waals surface area contributed by atoms with Crippen molar-refractivity contribution in [2.24, 2.45) is 5.92 Å².